The Morgan fingerprint density at radius 2 is 0.493 bits per heavy atom. The number of hydrogen-bond donors (Lipinski definition) is 0. The third-order valence-electron chi connectivity index (χ3n) is 13.7. The van der Waals surface area contributed by atoms with Gasteiger partial charge in [0, 0.05) is 50.0 Å². The second kappa shape index (κ2) is 18.7. The van der Waals surface area contributed by atoms with Gasteiger partial charge in [-0.05, 0) is 160 Å². The van der Waals surface area contributed by atoms with Gasteiger partial charge in [0.2, 0.25) is 0 Å². The zero-order valence-electron chi connectivity index (χ0n) is 39.8. The fourth-order valence-electron chi connectivity index (χ4n) is 10.4. The molecule has 0 bridgehead atoms. The zero-order valence-corrected chi connectivity index (χ0v) is 39.8. The molecular weight excluding hydrogens is 859 g/mol. The Morgan fingerprint density at radius 3 is 0.887 bits per heavy atom. The van der Waals surface area contributed by atoms with E-state index in [9.17, 15) is 0 Å². The number of fused-ring (bicyclic) bond motifs is 6. The summed E-state index contributed by atoms with van der Waals surface area (Å²) in [6, 6.07) is 99.1. The largest absolute Gasteiger partial charge is 0.311 e. The second-order valence-corrected chi connectivity index (χ2v) is 17.8. The van der Waals surface area contributed by atoms with Crippen LogP contribution in [0.25, 0.3) is 99.5 Å². The van der Waals surface area contributed by atoms with Crippen molar-refractivity contribution < 1.29 is 0 Å². The van der Waals surface area contributed by atoms with E-state index in [4.69, 9.17) is 0 Å². The van der Waals surface area contributed by atoms with Crippen LogP contribution in [-0.2, 0) is 0 Å². The lowest BCUT2D eigenvalue weighted by Crippen LogP contribution is -2.09. The Balaban J connectivity index is 0.00000256. The molecule has 3 heteroatoms. The monoisotopic (exact) mass is 909 g/mol. The van der Waals surface area contributed by atoms with Crippen LogP contribution in [0.2, 0.25) is 0 Å². The Bertz CT molecular complexity index is 3930. The average molecular weight is 910 g/mol. The molecule has 11 aromatic carbocycles. The highest BCUT2D eigenvalue weighted by molar-refractivity contribution is 6.14. The van der Waals surface area contributed by atoms with Gasteiger partial charge in [0.25, 0.3) is 0 Å². The number of hydrogen-bond acceptors (Lipinski definition) is 1. The number of benzene rings is 11. The van der Waals surface area contributed by atoms with E-state index in [2.05, 4.69) is 287 Å². The molecule has 338 valence electrons. The molecule has 2 aromatic heterocycles. The molecule has 0 spiro atoms. The first-order valence-electron chi connectivity index (χ1n) is 24.7. The van der Waals surface area contributed by atoms with Crippen molar-refractivity contribution in [2.75, 3.05) is 4.90 Å². The highest BCUT2D eigenvalue weighted by Gasteiger charge is 2.19. The van der Waals surface area contributed by atoms with E-state index in [1.165, 1.54) is 88.1 Å². The molecule has 2 heterocycles. The molecular formula is C68H51N3. The van der Waals surface area contributed by atoms with Crippen LogP contribution >= 0.6 is 0 Å². The van der Waals surface area contributed by atoms with E-state index < -0.39 is 0 Å². The molecule has 0 aliphatic rings. The quantitative estimate of drug-likeness (QED) is 0.141. The van der Waals surface area contributed by atoms with Crippen molar-refractivity contribution in [3.05, 3.63) is 273 Å². The lowest BCUT2D eigenvalue weighted by Gasteiger charge is -2.25. The van der Waals surface area contributed by atoms with E-state index in [0.717, 1.165) is 28.4 Å². The molecule has 71 heavy (non-hydrogen) atoms. The van der Waals surface area contributed by atoms with Crippen LogP contribution in [0, 0.1) is 0 Å². The molecule has 0 amide bonds. The molecule has 0 radical (unpaired) electrons. The van der Waals surface area contributed by atoms with Gasteiger partial charge in [0.15, 0.2) is 0 Å². The van der Waals surface area contributed by atoms with E-state index in [0.29, 0.717) is 0 Å². The van der Waals surface area contributed by atoms with Crippen molar-refractivity contribution in [2.24, 2.45) is 0 Å². The van der Waals surface area contributed by atoms with Crippen LogP contribution in [0.5, 0.6) is 0 Å². The number of rotatable bonds is 9. The molecule has 0 fully saturated rings. The Morgan fingerprint density at radius 1 is 0.225 bits per heavy atom. The van der Waals surface area contributed by atoms with Crippen LogP contribution in [0.3, 0.4) is 0 Å². The van der Waals surface area contributed by atoms with Gasteiger partial charge in [0.05, 0.1) is 22.1 Å². The highest BCUT2D eigenvalue weighted by Crippen LogP contribution is 2.42. The Hall–Kier alpha value is -9.18. The van der Waals surface area contributed by atoms with E-state index in [1.54, 1.807) is 0 Å². The van der Waals surface area contributed by atoms with Gasteiger partial charge in [-0.2, -0.15) is 0 Å². The van der Waals surface area contributed by atoms with E-state index in [1.807, 2.05) is 13.8 Å². The molecule has 0 N–H and O–H groups in total. The fourth-order valence-corrected chi connectivity index (χ4v) is 10.4. The molecule has 0 saturated carbocycles. The minimum atomic E-state index is 1.11. The van der Waals surface area contributed by atoms with Gasteiger partial charge in [-0.1, -0.05) is 172 Å². The van der Waals surface area contributed by atoms with Crippen molar-refractivity contribution in [3.63, 3.8) is 0 Å². The Labute approximate surface area is 415 Å². The molecule has 0 aliphatic heterocycles. The van der Waals surface area contributed by atoms with E-state index in [-0.39, 0.29) is 0 Å². The van der Waals surface area contributed by atoms with Gasteiger partial charge in [-0.15, -0.1) is 0 Å². The van der Waals surface area contributed by atoms with Gasteiger partial charge >= 0.3 is 0 Å². The lowest BCUT2D eigenvalue weighted by molar-refractivity contribution is 1.18. The first-order valence-corrected chi connectivity index (χ1v) is 24.7. The predicted molar refractivity (Wildman–Crippen MR) is 303 cm³/mol. The first kappa shape index (κ1) is 43.1. The Kier molecular flexibility index (Phi) is 11.4. The maximum atomic E-state index is 2.41. The standard InChI is InChI=1S/C66H45N3.C2H6/c1-6-17-46(18-7-1)48-19-16-20-49(41-48)51-32-38-64-60(43-51)62-45-53(34-40-66(62)69(64)57-27-14-5-15-28-57)52-33-39-65-61(44-52)59-42-50(31-37-63(59)68(65)56-25-12-4-13-26-56)47-29-35-58(36-30-47)67(54-21-8-2-9-22-54)55-23-10-3-11-24-55;1-2/h1-45H;1-2H3. The van der Waals surface area contributed by atoms with Crippen LogP contribution < -0.4 is 4.90 Å². The van der Waals surface area contributed by atoms with Crippen molar-refractivity contribution in [1.29, 1.82) is 0 Å². The highest BCUT2D eigenvalue weighted by atomic mass is 15.1. The van der Waals surface area contributed by atoms with Crippen LogP contribution in [0.15, 0.2) is 273 Å². The third-order valence-corrected chi connectivity index (χ3v) is 13.7. The maximum Gasteiger partial charge on any atom is 0.0541 e. The van der Waals surface area contributed by atoms with E-state index >= 15 is 0 Å². The molecule has 13 rings (SSSR count). The third kappa shape index (κ3) is 7.94. The van der Waals surface area contributed by atoms with Crippen LogP contribution in [-0.4, -0.2) is 9.13 Å². The summed E-state index contributed by atoms with van der Waals surface area (Å²) in [5.74, 6) is 0. The number of aromatic nitrogens is 2. The van der Waals surface area contributed by atoms with Gasteiger partial charge in [-0.3, -0.25) is 0 Å². The molecule has 3 nitrogen and oxygen atoms in total. The molecule has 0 atom stereocenters. The number of nitrogens with zero attached hydrogens (tertiary/aromatic N) is 3. The summed E-state index contributed by atoms with van der Waals surface area (Å²) < 4.78 is 4.81. The van der Waals surface area contributed by atoms with Gasteiger partial charge < -0.3 is 14.0 Å². The summed E-state index contributed by atoms with van der Waals surface area (Å²) >= 11 is 0. The maximum absolute atomic E-state index is 2.41. The topological polar surface area (TPSA) is 13.1 Å². The summed E-state index contributed by atoms with van der Waals surface area (Å²) in [7, 11) is 0. The molecule has 0 saturated heterocycles. The molecule has 0 unspecified atom stereocenters. The lowest BCUT2D eigenvalue weighted by atomic mass is 9.97. The average Bonchev–Trinajstić information content (AvgIpc) is 3.96. The summed E-state index contributed by atoms with van der Waals surface area (Å²) in [5, 5.41) is 4.89. The summed E-state index contributed by atoms with van der Waals surface area (Å²) in [5.41, 5.74) is 19.9. The number of anilines is 3. The van der Waals surface area contributed by atoms with Crippen molar-refractivity contribution in [1.82, 2.24) is 9.13 Å². The second-order valence-electron chi connectivity index (χ2n) is 17.8. The number of para-hydroxylation sites is 4. The van der Waals surface area contributed by atoms with Crippen molar-refractivity contribution in [2.45, 2.75) is 13.8 Å². The minimum Gasteiger partial charge on any atom is -0.311 e. The van der Waals surface area contributed by atoms with Crippen molar-refractivity contribution >= 4 is 60.7 Å². The summed E-state index contributed by atoms with van der Waals surface area (Å²) in [6.45, 7) is 4.00. The fraction of sp³-hybridized carbons (Fsp3) is 0.0294. The summed E-state index contributed by atoms with van der Waals surface area (Å²) in [4.78, 5) is 2.31. The molecule has 0 aliphatic carbocycles. The van der Waals surface area contributed by atoms with Gasteiger partial charge in [0.1, 0.15) is 0 Å². The van der Waals surface area contributed by atoms with Gasteiger partial charge in [-0.25, -0.2) is 0 Å². The zero-order chi connectivity index (χ0) is 47.7. The SMILES string of the molecule is CC.c1ccc(-c2cccc(-c3ccc4c(c3)c3cc(-c5ccc6c(c5)c5cc(-c7ccc(N(c8ccccc8)c8ccccc8)cc7)ccc5n6-c5ccccc5)ccc3n4-c3ccccc3)c2)cc1. The first-order chi connectivity index (χ1) is 35.2. The summed E-state index contributed by atoms with van der Waals surface area (Å²) in [6.07, 6.45) is 0. The normalized spacial score (nSPS) is 11.2. The predicted octanol–water partition coefficient (Wildman–Crippen LogP) is 19.0. The minimum absolute atomic E-state index is 1.11. The van der Waals surface area contributed by atoms with Crippen LogP contribution in [0.1, 0.15) is 13.8 Å². The molecule has 13 aromatic rings. The smallest absolute Gasteiger partial charge is 0.0541 e. The van der Waals surface area contributed by atoms with Crippen LogP contribution in [0.4, 0.5) is 17.1 Å². The van der Waals surface area contributed by atoms with Crippen molar-refractivity contribution in [3.8, 4) is 55.9 Å².